The number of nitrogens with zero attached hydrogens (tertiary/aromatic N) is 1. The SMILES string of the molecule is COCC(C)n1c(-c2ccc(C(F)(F)F)cc2)cc(C(N)=O)c1C. The highest BCUT2D eigenvalue weighted by Gasteiger charge is 2.30. The summed E-state index contributed by atoms with van der Waals surface area (Å²) in [7, 11) is 1.56. The van der Waals surface area contributed by atoms with Gasteiger partial charge in [0.15, 0.2) is 0 Å². The van der Waals surface area contributed by atoms with E-state index in [0.29, 0.717) is 29.1 Å². The number of amides is 1. The maximum Gasteiger partial charge on any atom is 0.416 e. The highest BCUT2D eigenvalue weighted by atomic mass is 19.4. The van der Waals surface area contributed by atoms with Crippen molar-refractivity contribution in [2.24, 2.45) is 5.73 Å². The fourth-order valence-electron chi connectivity index (χ4n) is 2.81. The Hall–Kier alpha value is -2.28. The summed E-state index contributed by atoms with van der Waals surface area (Å²) in [6, 6.07) is 6.31. The molecule has 4 nitrogen and oxygen atoms in total. The molecule has 1 heterocycles. The van der Waals surface area contributed by atoms with Crippen molar-refractivity contribution < 1.29 is 22.7 Å². The summed E-state index contributed by atoms with van der Waals surface area (Å²) in [6.45, 7) is 4.04. The van der Waals surface area contributed by atoms with E-state index in [-0.39, 0.29) is 6.04 Å². The third-order valence-electron chi connectivity index (χ3n) is 3.91. The third-order valence-corrected chi connectivity index (χ3v) is 3.91. The van der Waals surface area contributed by atoms with Crippen molar-refractivity contribution in [3.8, 4) is 11.3 Å². The molecule has 130 valence electrons. The van der Waals surface area contributed by atoms with Crippen LogP contribution in [0.2, 0.25) is 0 Å². The number of nitrogens with two attached hydrogens (primary N) is 1. The fourth-order valence-corrected chi connectivity index (χ4v) is 2.81. The van der Waals surface area contributed by atoms with Crippen LogP contribution in [0.5, 0.6) is 0 Å². The molecule has 0 saturated carbocycles. The van der Waals surface area contributed by atoms with Gasteiger partial charge in [0.25, 0.3) is 5.91 Å². The Morgan fingerprint density at radius 3 is 2.33 bits per heavy atom. The number of benzene rings is 1. The molecule has 2 N–H and O–H groups in total. The number of ether oxygens (including phenoxy) is 1. The van der Waals surface area contributed by atoms with E-state index in [4.69, 9.17) is 10.5 Å². The van der Waals surface area contributed by atoms with Crippen molar-refractivity contribution >= 4 is 5.91 Å². The van der Waals surface area contributed by atoms with Crippen LogP contribution in [-0.2, 0) is 10.9 Å². The van der Waals surface area contributed by atoms with E-state index in [0.717, 1.165) is 12.1 Å². The predicted octanol–water partition coefficient (Wildman–Crippen LogP) is 3.79. The smallest absolute Gasteiger partial charge is 0.383 e. The molecule has 1 aromatic heterocycles. The van der Waals surface area contributed by atoms with Crippen LogP contribution in [0.25, 0.3) is 11.3 Å². The van der Waals surface area contributed by atoms with E-state index >= 15 is 0 Å². The van der Waals surface area contributed by atoms with Gasteiger partial charge in [-0.2, -0.15) is 13.2 Å². The number of rotatable bonds is 5. The third kappa shape index (κ3) is 3.46. The summed E-state index contributed by atoms with van der Waals surface area (Å²) in [4.78, 5) is 11.6. The number of carbonyl (C=O) groups excluding carboxylic acids is 1. The minimum Gasteiger partial charge on any atom is -0.383 e. The van der Waals surface area contributed by atoms with Gasteiger partial charge in [-0.3, -0.25) is 4.79 Å². The molecule has 0 aliphatic heterocycles. The van der Waals surface area contributed by atoms with Crippen LogP contribution >= 0.6 is 0 Å². The van der Waals surface area contributed by atoms with Crippen LogP contribution in [0.3, 0.4) is 0 Å². The summed E-state index contributed by atoms with van der Waals surface area (Å²) in [5, 5.41) is 0. The van der Waals surface area contributed by atoms with E-state index in [1.807, 2.05) is 11.5 Å². The first-order chi connectivity index (χ1) is 11.2. The van der Waals surface area contributed by atoms with Gasteiger partial charge in [0, 0.05) is 18.5 Å². The Kier molecular flexibility index (Phi) is 5.03. The van der Waals surface area contributed by atoms with Gasteiger partial charge < -0.3 is 15.0 Å². The average molecular weight is 340 g/mol. The number of halogens is 3. The molecule has 1 amide bonds. The lowest BCUT2D eigenvalue weighted by Crippen LogP contribution is -2.16. The molecule has 0 bridgehead atoms. The lowest BCUT2D eigenvalue weighted by molar-refractivity contribution is -0.137. The molecule has 0 aliphatic rings. The highest BCUT2D eigenvalue weighted by molar-refractivity contribution is 5.95. The quantitative estimate of drug-likeness (QED) is 0.900. The molecule has 0 aliphatic carbocycles. The molecule has 0 saturated heterocycles. The van der Waals surface area contributed by atoms with E-state index in [1.54, 1.807) is 20.1 Å². The Morgan fingerprint density at radius 1 is 1.29 bits per heavy atom. The van der Waals surface area contributed by atoms with Crippen LogP contribution < -0.4 is 5.73 Å². The normalized spacial score (nSPS) is 13.1. The lowest BCUT2D eigenvalue weighted by Gasteiger charge is -2.19. The Balaban J connectivity index is 2.56. The molecule has 1 atom stereocenters. The van der Waals surface area contributed by atoms with E-state index in [2.05, 4.69) is 0 Å². The topological polar surface area (TPSA) is 57.2 Å². The number of primary amides is 1. The van der Waals surface area contributed by atoms with Crippen LogP contribution in [0.1, 0.15) is 34.6 Å². The fraction of sp³-hybridized carbons (Fsp3) is 0.353. The Bertz CT molecular complexity index is 734. The zero-order valence-corrected chi connectivity index (χ0v) is 13.6. The standard InChI is InChI=1S/C17H19F3N2O2/c1-10(9-24-3)22-11(2)14(16(21)23)8-15(22)12-4-6-13(7-5-12)17(18,19)20/h4-8,10H,9H2,1-3H3,(H2,21,23). The minimum absolute atomic E-state index is 0.111. The molecule has 0 spiro atoms. The monoisotopic (exact) mass is 340 g/mol. The van der Waals surface area contributed by atoms with Crippen molar-refractivity contribution in [2.75, 3.05) is 13.7 Å². The number of methoxy groups -OCH3 is 1. The highest BCUT2D eigenvalue weighted by Crippen LogP contribution is 2.33. The molecule has 7 heteroatoms. The van der Waals surface area contributed by atoms with E-state index in [9.17, 15) is 18.0 Å². The zero-order valence-electron chi connectivity index (χ0n) is 13.6. The van der Waals surface area contributed by atoms with Crippen molar-refractivity contribution in [1.82, 2.24) is 4.57 Å². The van der Waals surface area contributed by atoms with E-state index in [1.165, 1.54) is 12.1 Å². The molecule has 0 fully saturated rings. The van der Waals surface area contributed by atoms with Gasteiger partial charge in [0.05, 0.1) is 23.8 Å². The van der Waals surface area contributed by atoms with Crippen molar-refractivity contribution in [1.29, 1.82) is 0 Å². The second kappa shape index (κ2) is 6.68. The Labute approximate surface area is 138 Å². The van der Waals surface area contributed by atoms with E-state index < -0.39 is 17.6 Å². The van der Waals surface area contributed by atoms with Crippen LogP contribution in [-0.4, -0.2) is 24.2 Å². The van der Waals surface area contributed by atoms with Crippen molar-refractivity contribution in [2.45, 2.75) is 26.1 Å². The van der Waals surface area contributed by atoms with Gasteiger partial charge in [-0.25, -0.2) is 0 Å². The minimum atomic E-state index is -4.39. The van der Waals surface area contributed by atoms with Gasteiger partial charge in [0.2, 0.25) is 0 Å². The largest absolute Gasteiger partial charge is 0.416 e. The van der Waals surface area contributed by atoms with Crippen LogP contribution in [0, 0.1) is 6.92 Å². The molecule has 1 aromatic carbocycles. The first-order valence-corrected chi connectivity index (χ1v) is 7.35. The molecular weight excluding hydrogens is 321 g/mol. The second-order valence-electron chi connectivity index (χ2n) is 5.64. The van der Waals surface area contributed by atoms with Gasteiger partial charge in [-0.05, 0) is 37.6 Å². The predicted molar refractivity (Wildman–Crippen MR) is 84.7 cm³/mol. The van der Waals surface area contributed by atoms with Crippen molar-refractivity contribution in [3.05, 3.63) is 47.2 Å². The maximum atomic E-state index is 12.7. The first kappa shape index (κ1) is 18.1. The number of carbonyl (C=O) groups is 1. The van der Waals surface area contributed by atoms with Gasteiger partial charge in [-0.1, -0.05) is 12.1 Å². The van der Waals surface area contributed by atoms with Gasteiger partial charge in [0.1, 0.15) is 0 Å². The number of hydrogen-bond donors (Lipinski definition) is 1. The van der Waals surface area contributed by atoms with Crippen molar-refractivity contribution in [3.63, 3.8) is 0 Å². The molecule has 0 radical (unpaired) electrons. The second-order valence-corrected chi connectivity index (χ2v) is 5.64. The molecule has 2 rings (SSSR count). The number of hydrogen-bond acceptors (Lipinski definition) is 2. The summed E-state index contributed by atoms with van der Waals surface area (Å²) < 4.78 is 45.2. The molecule has 24 heavy (non-hydrogen) atoms. The number of alkyl halides is 3. The summed E-state index contributed by atoms with van der Waals surface area (Å²) in [6.07, 6.45) is -4.39. The Morgan fingerprint density at radius 2 is 1.88 bits per heavy atom. The molecular formula is C17H19F3N2O2. The first-order valence-electron chi connectivity index (χ1n) is 7.35. The van der Waals surface area contributed by atoms with Gasteiger partial charge in [-0.15, -0.1) is 0 Å². The summed E-state index contributed by atoms with van der Waals surface area (Å²) >= 11 is 0. The molecule has 1 unspecified atom stereocenters. The molecule has 2 aromatic rings. The number of aromatic nitrogens is 1. The lowest BCUT2D eigenvalue weighted by atomic mass is 10.1. The summed E-state index contributed by atoms with van der Waals surface area (Å²) in [5.74, 6) is -0.580. The van der Waals surface area contributed by atoms with Gasteiger partial charge >= 0.3 is 6.18 Å². The summed E-state index contributed by atoms with van der Waals surface area (Å²) in [5.41, 5.74) is 6.87. The average Bonchev–Trinajstić information content (AvgIpc) is 2.84. The van der Waals surface area contributed by atoms with Crippen LogP contribution in [0.4, 0.5) is 13.2 Å². The van der Waals surface area contributed by atoms with Crippen LogP contribution in [0.15, 0.2) is 30.3 Å². The zero-order chi connectivity index (χ0) is 18.1. The maximum absolute atomic E-state index is 12.7.